The molecule has 1 rings (SSSR count). The Morgan fingerprint density at radius 3 is 2.25 bits per heavy atom. The molecule has 0 fully saturated rings. The van der Waals surface area contributed by atoms with Gasteiger partial charge in [-0.3, -0.25) is 4.79 Å². The molecular weight excluding hydrogens is 310 g/mol. The van der Waals surface area contributed by atoms with Gasteiger partial charge < -0.3 is 25.8 Å². The molecule has 1 atom stereocenters. The lowest BCUT2D eigenvalue weighted by atomic mass is 10.1. The lowest BCUT2D eigenvalue weighted by Crippen LogP contribution is -2.36. The molecule has 0 aliphatic rings. The van der Waals surface area contributed by atoms with Crippen molar-refractivity contribution in [3.8, 4) is 0 Å². The van der Waals surface area contributed by atoms with Gasteiger partial charge >= 0.3 is 6.09 Å². The first kappa shape index (κ1) is 19.9. The minimum atomic E-state index is -0.694. The van der Waals surface area contributed by atoms with Gasteiger partial charge in [0.15, 0.2) is 0 Å². The van der Waals surface area contributed by atoms with Crippen molar-refractivity contribution in [3.63, 3.8) is 0 Å². The Balaban J connectivity index is 2.08. The van der Waals surface area contributed by atoms with Crippen LogP contribution in [0.2, 0.25) is 0 Å². The van der Waals surface area contributed by atoms with Crippen LogP contribution in [0.4, 0.5) is 4.79 Å². The Labute approximate surface area is 142 Å². The normalized spacial score (nSPS) is 12.3. The molecule has 0 heterocycles. The Morgan fingerprint density at radius 1 is 1.08 bits per heavy atom. The summed E-state index contributed by atoms with van der Waals surface area (Å²) in [5, 5.41) is 5.30. The van der Waals surface area contributed by atoms with Crippen LogP contribution in [0.1, 0.15) is 32.4 Å². The summed E-state index contributed by atoms with van der Waals surface area (Å²) in [4.78, 5) is 23.3. The zero-order chi connectivity index (χ0) is 18.0. The van der Waals surface area contributed by atoms with Crippen LogP contribution in [-0.4, -0.2) is 43.9 Å². The van der Waals surface area contributed by atoms with E-state index in [-0.39, 0.29) is 5.91 Å². The van der Waals surface area contributed by atoms with Crippen LogP contribution in [0, 0.1) is 0 Å². The predicted molar refractivity (Wildman–Crippen MR) is 91.4 cm³/mol. The summed E-state index contributed by atoms with van der Waals surface area (Å²) in [5.41, 5.74) is 6.11. The van der Waals surface area contributed by atoms with E-state index in [0.29, 0.717) is 26.3 Å². The second kappa shape index (κ2) is 9.89. The van der Waals surface area contributed by atoms with Crippen molar-refractivity contribution >= 4 is 12.0 Å². The fraction of sp³-hybridized carbons (Fsp3) is 0.529. The molecule has 134 valence electrons. The topological polar surface area (TPSA) is 103 Å². The Hall–Kier alpha value is -2.12. The van der Waals surface area contributed by atoms with E-state index in [1.165, 1.54) is 0 Å². The van der Waals surface area contributed by atoms with Gasteiger partial charge in [-0.2, -0.15) is 0 Å². The molecule has 0 spiro atoms. The molecule has 7 nitrogen and oxygen atoms in total. The van der Waals surface area contributed by atoms with Crippen molar-refractivity contribution in [2.45, 2.75) is 32.4 Å². The number of hydrogen-bond acceptors (Lipinski definition) is 5. The summed E-state index contributed by atoms with van der Waals surface area (Å²) >= 11 is 0. The van der Waals surface area contributed by atoms with E-state index in [9.17, 15) is 9.59 Å². The van der Waals surface area contributed by atoms with Gasteiger partial charge in [-0.25, -0.2) is 4.79 Å². The van der Waals surface area contributed by atoms with E-state index >= 15 is 0 Å². The van der Waals surface area contributed by atoms with E-state index in [1.807, 2.05) is 30.3 Å². The number of nitrogens with two attached hydrogens (primary N) is 1. The molecule has 7 heteroatoms. The largest absolute Gasteiger partial charge is 0.444 e. The number of alkyl carbamates (subject to hydrolysis) is 1. The fourth-order valence-corrected chi connectivity index (χ4v) is 1.81. The van der Waals surface area contributed by atoms with Gasteiger partial charge in [0.2, 0.25) is 5.91 Å². The number of rotatable bonds is 8. The number of nitrogens with one attached hydrogen (secondary N) is 2. The number of carbonyl (C=O) groups excluding carboxylic acids is 2. The summed E-state index contributed by atoms with van der Waals surface area (Å²) in [6.07, 6.45) is -0.478. The van der Waals surface area contributed by atoms with Crippen molar-refractivity contribution in [2.75, 3.05) is 26.3 Å². The molecule has 0 aliphatic carbocycles. The number of hydrogen-bond donors (Lipinski definition) is 3. The average molecular weight is 337 g/mol. The maximum atomic E-state index is 11.9. The SMILES string of the molecule is CC(C)(C)OC(=O)NCCOCCNC(=O)C(N)c1ccccc1. The average Bonchev–Trinajstić information content (AvgIpc) is 2.52. The van der Waals surface area contributed by atoms with Crippen LogP contribution in [0.25, 0.3) is 0 Å². The van der Waals surface area contributed by atoms with Gasteiger partial charge in [0.25, 0.3) is 0 Å². The summed E-state index contributed by atoms with van der Waals surface area (Å²) < 4.78 is 10.4. The monoisotopic (exact) mass is 337 g/mol. The third-order valence-electron chi connectivity index (χ3n) is 2.90. The second-order valence-corrected chi connectivity index (χ2v) is 6.22. The molecule has 0 saturated heterocycles. The van der Waals surface area contributed by atoms with Gasteiger partial charge in [0.1, 0.15) is 11.6 Å². The van der Waals surface area contributed by atoms with Gasteiger partial charge in [-0.1, -0.05) is 30.3 Å². The standard InChI is InChI=1S/C17H27N3O4/c1-17(2,3)24-16(22)20-10-12-23-11-9-19-15(21)14(18)13-7-5-4-6-8-13/h4-8,14H,9-12,18H2,1-3H3,(H,19,21)(H,20,22). The van der Waals surface area contributed by atoms with Crippen LogP contribution in [0.5, 0.6) is 0 Å². The molecule has 0 radical (unpaired) electrons. The van der Waals surface area contributed by atoms with E-state index < -0.39 is 17.7 Å². The maximum absolute atomic E-state index is 11.9. The van der Waals surface area contributed by atoms with E-state index in [4.69, 9.17) is 15.2 Å². The third kappa shape index (κ3) is 8.50. The number of amides is 2. The second-order valence-electron chi connectivity index (χ2n) is 6.22. The molecule has 0 saturated carbocycles. The highest BCUT2D eigenvalue weighted by Gasteiger charge is 2.16. The molecule has 0 bridgehead atoms. The molecular formula is C17H27N3O4. The summed E-state index contributed by atoms with van der Waals surface area (Å²) in [7, 11) is 0. The van der Waals surface area contributed by atoms with E-state index in [0.717, 1.165) is 5.56 Å². The van der Waals surface area contributed by atoms with Crippen LogP contribution in [0.3, 0.4) is 0 Å². The minimum absolute atomic E-state index is 0.253. The number of benzene rings is 1. The number of carbonyl (C=O) groups is 2. The highest BCUT2D eigenvalue weighted by Crippen LogP contribution is 2.08. The first-order chi connectivity index (χ1) is 11.3. The van der Waals surface area contributed by atoms with E-state index in [1.54, 1.807) is 20.8 Å². The molecule has 24 heavy (non-hydrogen) atoms. The van der Waals surface area contributed by atoms with Crippen molar-refractivity contribution < 1.29 is 19.1 Å². The van der Waals surface area contributed by atoms with Crippen LogP contribution in [-0.2, 0) is 14.3 Å². The van der Waals surface area contributed by atoms with Crippen LogP contribution < -0.4 is 16.4 Å². The Kier molecular flexibility index (Phi) is 8.21. The maximum Gasteiger partial charge on any atom is 0.407 e. The van der Waals surface area contributed by atoms with Crippen LogP contribution in [0.15, 0.2) is 30.3 Å². The lowest BCUT2D eigenvalue weighted by molar-refractivity contribution is -0.122. The van der Waals surface area contributed by atoms with Gasteiger partial charge in [0, 0.05) is 13.1 Å². The quantitative estimate of drug-likeness (QED) is 0.621. The minimum Gasteiger partial charge on any atom is -0.444 e. The van der Waals surface area contributed by atoms with Crippen molar-refractivity contribution in [1.82, 2.24) is 10.6 Å². The fourth-order valence-electron chi connectivity index (χ4n) is 1.81. The predicted octanol–water partition coefficient (Wildman–Crippen LogP) is 1.34. The molecule has 1 unspecified atom stereocenters. The number of ether oxygens (including phenoxy) is 2. The molecule has 1 aromatic rings. The molecule has 0 aliphatic heterocycles. The molecule has 1 aromatic carbocycles. The molecule has 4 N–H and O–H groups in total. The smallest absolute Gasteiger partial charge is 0.407 e. The van der Waals surface area contributed by atoms with E-state index in [2.05, 4.69) is 10.6 Å². The highest BCUT2D eigenvalue weighted by atomic mass is 16.6. The highest BCUT2D eigenvalue weighted by molar-refractivity contribution is 5.82. The zero-order valence-corrected chi connectivity index (χ0v) is 14.5. The van der Waals surface area contributed by atoms with Gasteiger partial charge in [-0.15, -0.1) is 0 Å². The molecule has 0 aromatic heterocycles. The van der Waals surface area contributed by atoms with Crippen molar-refractivity contribution in [1.29, 1.82) is 0 Å². The lowest BCUT2D eigenvalue weighted by Gasteiger charge is -2.19. The summed E-state index contributed by atoms with van der Waals surface area (Å²) in [6, 6.07) is 8.46. The summed E-state index contributed by atoms with van der Waals surface area (Å²) in [5.74, 6) is -0.253. The van der Waals surface area contributed by atoms with Crippen molar-refractivity contribution in [2.24, 2.45) is 5.73 Å². The first-order valence-electron chi connectivity index (χ1n) is 7.92. The van der Waals surface area contributed by atoms with Crippen molar-refractivity contribution in [3.05, 3.63) is 35.9 Å². The van der Waals surface area contributed by atoms with Gasteiger partial charge in [-0.05, 0) is 26.3 Å². The zero-order valence-electron chi connectivity index (χ0n) is 14.5. The van der Waals surface area contributed by atoms with Gasteiger partial charge in [0.05, 0.1) is 13.2 Å². The van der Waals surface area contributed by atoms with Crippen LogP contribution >= 0.6 is 0 Å². The molecule has 2 amide bonds. The summed E-state index contributed by atoms with van der Waals surface area (Å²) in [6.45, 7) is 6.75. The Bertz CT molecular complexity index is 514. The first-order valence-corrected chi connectivity index (χ1v) is 7.92. The third-order valence-corrected chi connectivity index (χ3v) is 2.90. The Morgan fingerprint density at radius 2 is 1.67 bits per heavy atom.